The zero-order valence-corrected chi connectivity index (χ0v) is 11.2. The van der Waals surface area contributed by atoms with E-state index in [0.29, 0.717) is 0 Å². The minimum Gasteiger partial charge on any atom is -0.394 e. The normalized spacial score (nSPS) is 12.5. The van der Waals surface area contributed by atoms with Crippen molar-refractivity contribution in [1.82, 2.24) is 0 Å². The minimum atomic E-state index is -4.02. The van der Waals surface area contributed by atoms with Gasteiger partial charge in [0.15, 0.2) is 0 Å². The zero-order valence-electron chi connectivity index (χ0n) is 10.4. The van der Waals surface area contributed by atoms with E-state index in [2.05, 4.69) is 4.74 Å². The van der Waals surface area contributed by atoms with Crippen LogP contribution >= 0.6 is 0 Å². The fraction of sp³-hybridized carbons (Fsp3) is 0.455. The largest absolute Gasteiger partial charge is 0.394 e. The Labute approximate surface area is 111 Å². The lowest BCUT2D eigenvalue weighted by Crippen LogP contribution is -2.10. The maximum absolute atomic E-state index is 11.4. The molecule has 0 bridgehead atoms. The van der Waals surface area contributed by atoms with E-state index < -0.39 is 16.5 Å². The number of aryl methyl sites for hydroxylation is 1. The Morgan fingerprint density at radius 1 is 1.32 bits per heavy atom. The van der Waals surface area contributed by atoms with Crippen molar-refractivity contribution >= 4 is 10.1 Å². The van der Waals surface area contributed by atoms with Gasteiger partial charge in [0.25, 0.3) is 10.1 Å². The van der Waals surface area contributed by atoms with E-state index in [9.17, 15) is 12.8 Å². The van der Waals surface area contributed by atoms with Crippen molar-refractivity contribution in [3.8, 4) is 0 Å². The van der Waals surface area contributed by atoms with E-state index in [0.717, 1.165) is 5.56 Å². The summed E-state index contributed by atoms with van der Waals surface area (Å²) in [6, 6.07) is 5.99. The number of ether oxygens (including phenoxy) is 1. The summed E-state index contributed by atoms with van der Waals surface area (Å²) in [5, 5.41) is 16.0. The van der Waals surface area contributed by atoms with E-state index in [4.69, 9.17) is 14.8 Å². The average Bonchev–Trinajstić information content (AvgIpc) is 2.29. The molecule has 0 aliphatic rings. The molecule has 0 saturated carbocycles. The Kier molecular flexibility index (Phi) is 8.44. The van der Waals surface area contributed by atoms with E-state index in [1.165, 1.54) is 12.1 Å². The molecule has 6 nitrogen and oxygen atoms in total. The summed E-state index contributed by atoms with van der Waals surface area (Å²) in [5.41, 5.74) is 0.956. The van der Waals surface area contributed by atoms with Gasteiger partial charge in [0, 0.05) is 0 Å². The summed E-state index contributed by atoms with van der Waals surface area (Å²) >= 11 is 0. The van der Waals surface area contributed by atoms with Gasteiger partial charge >= 0.3 is 0 Å². The van der Waals surface area contributed by atoms with Crippen LogP contribution in [0.4, 0.5) is 4.39 Å². The highest BCUT2D eigenvalue weighted by molar-refractivity contribution is 7.85. The molecule has 19 heavy (non-hydrogen) atoms. The van der Waals surface area contributed by atoms with Crippen molar-refractivity contribution in [2.75, 3.05) is 19.8 Å². The standard InChI is InChI=1S/C7H8O3S.C4H9FO3/c1-6-2-4-7(5-3-6)11(8,9)10;5-4(7)3-8-2-1-6/h2-5H,1H3,(H,8,9,10);4,6-7H,1-3H2. The molecule has 0 saturated heterocycles. The van der Waals surface area contributed by atoms with Crippen molar-refractivity contribution in [3.63, 3.8) is 0 Å². The van der Waals surface area contributed by atoms with Crippen LogP contribution in [0.25, 0.3) is 0 Å². The molecular weight excluding hydrogens is 279 g/mol. The van der Waals surface area contributed by atoms with Gasteiger partial charge in [-0.2, -0.15) is 8.42 Å². The maximum atomic E-state index is 11.4. The number of benzene rings is 1. The Morgan fingerprint density at radius 3 is 2.21 bits per heavy atom. The second-order valence-corrected chi connectivity index (χ2v) is 4.94. The van der Waals surface area contributed by atoms with Gasteiger partial charge in [0.2, 0.25) is 6.36 Å². The first kappa shape index (κ1) is 17.9. The molecule has 0 aliphatic carbocycles. The Morgan fingerprint density at radius 2 is 1.84 bits per heavy atom. The fourth-order valence-corrected chi connectivity index (χ4v) is 1.44. The second kappa shape index (κ2) is 8.94. The number of rotatable bonds is 5. The number of alkyl halides is 1. The molecule has 0 aliphatic heterocycles. The van der Waals surface area contributed by atoms with Crippen LogP contribution in [0.1, 0.15) is 5.56 Å². The molecule has 0 radical (unpaired) electrons. The Bertz CT molecular complexity index is 443. The molecule has 1 rings (SSSR count). The predicted molar refractivity (Wildman–Crippen MR) is 66.0 cm³/mol. The predicted octanol–water partition coefficient (Wildman–Crippen LogP) is 0.525. The van der Waals surface area contributed by atoms with Gasteiger partial charge in [-0.25, -0.2) is 4.39 Å². The quantitative estimate of drug-likeness (QED) is 0.541. The lowest BCUT2D eigenvalue weighted by atomic mass is 10.2. The van der Waals surface area contributed by atoms with E-state index in [1.54, 1.807) is 12.1 Å². The lowest BCUT2D eigenvalue weighted by molar-refractivity contribution is -0.0448. The molecule has 0 aromatic heterocycles. The third-order valence-electron chi connectivity index (χ3n) is 1.81. The molecule has 0 spiro atoms. The highest BCUT2D eigenvalue weighted by Crippen LogP contribution is 2.08. The summed E-state index contributed by atoms with van der Waals surface area (Å²) in [6.45, 7) is 1.40. The van der Waals surface area contributed by atoms with Crippen LogP contribution in [0.5, 0.6) is 0 Å². The smallest absolute Gasteiger partial charge is 0.294 e. The van der Waals surface area contributed by atoms with Crippen LogP contribution in [0.2, 0.25) is 0 Å². The fourth-order valence-electron chi connectivity index (χ4n) is 0.955. The van der Waals surface area contributed by atoms with Crippen LogP contribution in [0.15, 0.2) is 29.2 Å². The SMILES string of the molecule is Cc1ccc(S(=O)(=O)O)cc1.OCCOCC(O)F. The molecule has 0 fully saturated rings. The summed E-state index contributed by atoms with van der Waals surface area (Å²) in [4.78, 5) is -0.0666. The van der Waals surface area contributed by atoms with Crippen molar-refractivity contribution in [2.45, 2.75) is 18.2 Å². The third kappa shape index (κ3) is 9.51. The van der Waals surface area contributed by atoms with Crippen molar-refractivity contribution in [2.24, 2.45) is 0 Å². The van der Waals surface area contributed by atoms with Gasteiger partial charge in [0.05, 0.1) is 18.1 Å². The number of hydrogen-bond acceptors (Lipinski definition) is 5. The van der Waals surface area contributed by atoms with E-state index >= 15 is 0 Å². The monoisotopic (exact) mass is 296 g/mol. The van der Waals surface area contributed by atoms with Crippen molar-refractivity contribution in [1.29, 1.82) is 0 Å². The molecule has 0 heterocycles. The van der Waals surface area contributed by atoms with Crippen LogP contribution in [0.3, 0.4) is 0 Å². The van der Waals surface area contributed by atoms with Gasteiger partial charge in [-0.15, -0.1) is 0 Å². The molecule has 3 N–H and O–H groups in total. The van der Waals surface area contributed by atoms with E-state index in [1.807, 2.05) is 6.92 Å². The van der Waals surface area contributed by atoms with Crippen molar-refractivity contribution in [3.05, 3.63) is 29.8 Å². The highest BCUT2D eigenvalue weighted by Gasteiger charge is 2.06. The van der Waals surface area contributed by atoms with Gasteiger partial charge in [-0.3, -0.25) is 4.55 Å². The number of aliphatic hydroxyl groups excluding tert-OH is 2. The number of halogens is 1. The summed E-state index contributed by atoms with van der Waals surface area (Å²) in [5.74, 6) is 0. The number of aliphatic hydroxyl groups is 2. The topological polar surface area (TPSA) is 104 Å². The van der Waals surface area contributed by atoms with Gasteiger partial charge < -0.3 is 14.9 Å². The number of hydrogen-bond donors (Lipinski definition) is 3. The van der Waals surface area contributed by atoms with Crippen LogP contribution in [-0.4, -0.2) is 49.4 Å². The van der Waals surface area contributed by atoms with Gasteiger partial charge in [0.1, 0.15) is 6.61 Å². The molecule has 8 heteroatoms. The highest BCUT2D eigenvalue weighted by atomic mass is 32.2. The van der Waals surface area contributed by atoms with Gasteiger partial charge in [-0.1, -0.05) is 17.7 Å². The minimum absolute atomic E-state index is 0.0666. The second-order valence-electron chi connectivity index (χ2n) is 3.52. The molecule has 1 atom stereocenters. The Balaban J connectivity index is 0.000000362. The Hall–Kier alpha value is -1.06. The summed E-state index contributed by atoms with van der Waals surface area (Å²) in [7, 11) is -4.02. The first-order valence-electron chi connectivity index (χ1n) is 5.32. The molecule has 1 unspecified atom stereocenters. The molecular formula is C11H17FO6S. The van der Waals surface area contributed by atoms with Crippen LogP contribution in [-0.2, 0) is 14.9 Å². The van der Waals surface area contributed by atoms with Crippen molar-refractivity contribution < 1.29 is 32.3 Å². The van der Waals surface area contributed by atoms with Crippen LogP contribution in [0, 0.1) is 6.92 Å². The van der Waals surface area contributed by atoms with E-state index in [-0.39, 0.29) is 24.7 Å². The lowest BCUT2D eigenvalue weighted by Gasteiger charge is -1.99. The first-order valence-corrected chi connectivity index (χ1v) is 6.76. The molecule has 110 valence electrons. The maximum Gasteiger partial charge on any atom is 0.294 e. The third-order valence-corrected chi connectivity index (χ3v) is 2.68. The average molecular weight is 296 g/mol. The molecule has 1 aromatic carbocycles. The van der Waals surface area contributed by atoms with Crippen LogP contribution < -0.4 is 0 Å². The zero-order chi connectivity index (χ0) is 14.9. The molecule has 1 aromatic rings. The first-order chi connectivity index (χ1) is 8.77. The molecule has 0 amide bonds. The summed E-state index contributed by atoms with van der Waals surface area (Å²) < 4.78 is 45.3. The van der Waals surface area contributed by atoms with Gasteiger partial charge in [-0.05, 0) is 19.1 Å². The summed E-state index contributed by atoms with van der Waals surface area (Å²) in [6.07, 6.45) is -1.93.